The van der Waals surface area contributed by atoms with Gasteiger partial charge in [0.05, 0.1) is 28.3 Å². The number of ketones is 1. The number of H-pyrrole nitrogens is 1. The fourth-order valence-corrected chi connectivity index (χ4v) is 3.56. The van der Waals surface area contributed by atoms with Crippen molar-refractivity contribution in [3.8, 4) is 0 Å². The van der Waals surface area contributed by atoms with Gasteiger partial charge < -0.3 is 15.0 Å². The Morgan fingerprint density at radius 2 is 2.08 bits per heavy atom. The van der Waals surface area contributed by atoms with Gasteiger partial charge in [-0.25, -0.2) is 4.79 Å². The highest BCUT2D eigenvalue weighted by atomic mass is 35.5. The summed E-state index contributed by atoms with van der Waals surface area (Å²) < 4.78 is 5.09. The molecule has 3 aromatic rings. The van der Waals surface area contributed by atoms with E-state index in [4.69, 9.17) is 16.3 Å². The van der Waals surface area contributed by atoms with Crippen LogP contribution < -0.4 is 5.32 Å². The molecule has 0 unspecified atom stereocenters. The molecule has 2 aromatic heterocycles. The van der Waals surface area contributed by atoms with Crippen molar-refractivity contribution >= 4 is 57.2 Å². The van der Waals surface area contributed by atoms with Crippen LogP contribution in [-0.2, 0) is 9.53 Å². The third-order valence-corrected chi connectivity index (χ3v) is 4.72. The molecule has 0 fully saturated rings. The summed E-state index contributed by atoms with van der Waals surface area (Å²) >= 11 is 7.40. The summed E-state index contributed by atoms with van der Waals surface area (Å²) in [6.45, 7) is 3.21. The Labute approximate surface area is 158 Å². The van der Waals surface area contributed by atoms with Gasteiger partial charge in [0.2, 0.25) is 11.7 Å². The number of anilines is 1. The fourth-order valence-electron chi connectivity index (χ4n) is 2.67. The van der Waals surface area contributed by atoms with Crippen LogP contribution in [-0.4, -0.2) is 29.3 Å². The number of carbonyl (C=O) groups is 3. The Balaban J connectivity index is 2.29. The van der Waals surface area contributed by atoms with E-state index in [1.807, 2.05) is 0 Å². The molecule has 0 bridgehead atoms. The number of fused-ring (bicyclic) bond motifs is 1. The summed E-state index contributed by atoms with van der Waals surface area (Å²) in [6, 6.07) is 6.51. The predicted molar refractivity (Wildman–Crippen MR) is 101 cm³/mol. The van der Waals surface area contributed by atoms with Crippen LogP contribution >= 0.6 is 22.9 Å². The van der Waals surface area contributed by atoms with Crippen molar-refractivity contribution < 1.29 is 19.1 Å². The molecule has 0 aliphatic heterocycles. The van der Waals surface area contributed by atoms with Gasteiger partial charge in [-0.1, -0.05) is 17.7 Å². The van der Waals surface area contributed by atoms with Gasteiger partial charge in [-0.3, -0.25) is 9.59 Å². The summed E-state index contributed by atoms with van der Waals surface area (Å²) in [4.78, 5) is 40.4. The number of halogens is 1. The molecular formula is C18H15ClN2O4S. The molecule has 26 heavy (non-hydrogen) atoms. The maximum atomic E-state index is 12.8. The lowest BCUT2D eigenvalue weighted by molar-refractivity contribution is -0.114. The monoisotopic (exact) mass is 390 g/mol. The molecular weight excluding hydrogens is 376 g/mol. The normalized spacial score (nSPS) is 10.7. The number of hydrogen-bond acceptors (Lipinski definition) is 5. The summed E-state index contributed by atoms with van der Waals surface area (Å²) in [5, 5.41) is 5.15. The summed E-state index contributed by atoms with van der Waals surface area (Å²) in [7, 11) is 0. The number of aromatic nitrogens is 1. The second kappa shape index (κ2) is 7.31. The van der Waals surface area contributed by atoms with Crippen molar-refractivity contribution in [2.45, 2.75) is 13.8 Å². The molecule has 1 aromatic carbocycles. The first-order valence-corrected chi connectivity index (χ1v) is 9.06. The highest BCUT2D eigenvalue weighted by molar-refractivity contribution is 7.12. The third-order valence-electron chi connectivity index (χ3n) is 3.63. The zero-order valence-electron chi connectivity index (χ0n) is 14.0. The van der Waals surface area contributed by atoms with Gasteiger partial charge in [0, 0.05) is 17.3 Å². The van der Waals surface area contributed by atoms with Gasteiger partial charge in [-0.15, -0.1) is 11.3 Å². The fraction of sp³-hybridized carbons (Fsp3) is 0.167. The molecule has 2 heterocycles. The van der Waals surface area contributed by atoms with Crippen LogP contribution in [0, 0.1) is 0 Å². The standard InChI is InChI=1S/C18H15ClN2O4S/c1-3-25-18(24)11-7-10(19)8-12-14(11)15(20-9(2)22)16(21-12)17(23)13-5-4-6-26-13/h4-8,21H,3H2,1-2H3,(H,20,22). The lowest BCUT2D eigenvalue weighted by atomic mass is 10.1. The van der Waals surface area contributed by atoms with E-state index in [2.05, 4.69) is 10.3 Å². The van der Waals surface area contributed by atoms with Crippen molar-refractivity contribution in [1.82, 2.24) is 4.98 Å². The number of carbonyl (C=O) groups excluding carboxylic acids is 3. The number of aromatic amines is 1. The van der Waals surface area contributed by atoms with Crippen LogP contribution in [0.5, 0.6) is 0 Å². The topological polar surface area (TPSA) is 88.3 Å². The highest BCUT2D eigenvalue weighted by Gasteiger charge is 2.25. The molecule has 0 spiro atoms. The lowest BCUT2D eigenvalue weighted by Crippen LogP contribution is -2.12. The van der Waals surface area contributed by atoms with E-state index < -0.39 is 5.97 Å². The number of rotatable bonds is 5. The van der Waals surface area contributed by atoms with Gasteiger partial charge >= 0.3 is 5.97 Å². The maximum absolute atomic E-state index is 12.8. The number of ether oxygens (including phenoxy) is 1. The van der Waals surface area contributed by atoms with Crippen molar-refractivity contribution in [2.24, 2.45) is 0 Å². The lowest BCUT2D eigenvalue weighted by Gasteiger charge is -2.08. The summed E-state index contributed by atoms with van der Waals surface area (Å²) in [6.07, 6.45) is 0. The number of hydrogen-bond donors (Lipinski definition) is 2. The van der Waals surface area contributed by atoms with Crippen LogP contribution in [0.4, 0.5) is 5.69 Å². The molecule has 6 nitrogen and oxygen atoms in total. The first-order valence-electron chi connectivity index (χ1n) is 7.80. The minimum absolute atomic E-state index is 0.180. The van der Waals surface area contributed by atoms with E-state index in [0.29, 0.717) is 20.8 Å². The molecule has 1 amide bonds. The van der Waals surface area contributed by atoms with Crippen molar-refractivity contribution in [3.63, 3.8) is 0 Å². The third kappa shape index (κ3) is 3.36. The molecule has 8 heteroatoms. The molecule has 0 radical (unpaired) electrons. The number of nitrogens with one attached hydrogen (secondary N) is 2. The van der Waals surface area contributed by atoms with E-state index in [-0.39, 0.29) is 35.2 Å². The number of esters is 1. The molecule has 0 atom stereocenters. The average molecular weight is 391 g/mol. The van der Waals surface area contributed by atoms with E-state index >= 15 is 0 Å². The van der Waals surface area contributed by atoms with E-state index in [0.717, 1.165) is 0 Å². The number of benzene rings is 1. The first kappa shape index (κ1) is 18.2. The molecule has 0 saturated heterocycles. The molecule has 0 aliphatic carbocycles. The Morgan fingerprint density at radius 3 is 2.69 bits per heavy atom. The second-order valence-corrected chi connectivity index (χ2v) is 6.84. The van der Waals surface area contributed by atoms with Gasteiger partial charge in [0.25, 0.3) is 0 Å². The first-order chi connectivity index (χ1) is 12.4. The Kier molecular flexibility index (Phi) is 5.11. The van der Waals surface area contributed by atoms with Gasteiger partial charge in [-0.2, -0.15) is 0 Å². The summed E-state index contributed by atoms with van der Waals surface area (Å²) in [5.41, 5.74) is 1.07. The molecule has 2 N–H and O–H groups in total. The number of thiophene rings is 1. The van der Waals surface area contributed by atoms with Crippen LogP contribution in [0.3, 0.4) is 0 Å². The van der Waals surface area contributed by atoms with Gasteiger partial charge in [0.15, 0.2) is 0 Å². The Morgan fingerprint density at radius 1 is 1.31 bits per heavy atom. The summed E-state index contributed by atoms with van der Waals surface area (Å²) in [5.74, 6) is -1.23. The quantitative estimate of drug-likeness (QED) is 0.503. The minimum Gasteiger partial charge on any atom is -0.462 e. The Hall–Kier alpha value is -2.64. The van der Waals surface area contributed by atoms with Gasteiger partial charge in [0.1, 0.15) is 5.69 Å². The van der Waals surface area contributed by atoms with Crippen molar-refractivity contribution in [2.75, 3.05) is 11.9 Å². The van der Waals surface area contributed by atoms with Crippen molar-refractivity contribution in [1.29, 1.82) is 0 Å². The smallest absolute Gasteiger partial charge is 0.338 e. The molecule has 0 aliphatic rings. The van der Waals surface area contributed by atoms with Crippen LogP contribution in [0.2, 0.25) is 5.02 Å². The Bertz CT molecular complexity index is 1010. The zero-order valence-corrected chi connectivity index (χ0v) is 15.6. The average Bonchev–Trinajstić information content (AvgIpc) is 3.22. The van der Waals surface area contributed by atoms with Crippen LogP contribution in [0.25, 0.3) is 10.9 Å². The van der Waals surface area contributed by atoms with Crippen molar-refractivity contribution in [3.05, 3.63) is 50.8 Å². The molecule has 134 valence electrons. The molecule has 3 rings (SSSR count). The zero-order chi connectivity index (χ0) is 18.8. The van der Waals surface area contributed by atoms with E-state index in [1.165, 1.54) is 24.3 Å². The predicted octanol–water partition coefficient (Wildman–Crippen LogP) is 4.25. The minimum atomic E-state index is -0.583. The SMILES string of the molecule is CCOC(=O)c1cc(Cl)cc2[nH]c(C(=O)c3cccs3)c(NC(C)=O)c12. The van der Waals surface area contributed by atoms with E-state index in [9.17, 15) is 14.4 Å². The van der Waals surface area contributed by atoms with E-state index in [1.54, 1.807) is 30.5 Å². The number of amides is 1. The van der Waals surface area contributed by atoms with Crippen LogP contribution in [0.1, 0.15) is 39.6 Å². The van der Waals surface area contributed by atoms with Gasteiger partial charge in [-0.05, 0) is 30.5 Å². The second-order valence-electron chi connectivity index (χ2n) is 5.46. The molecule has 0 saturated carbocycles. The largest absolute Gasteiger partial charge is 0.462 e. The highest BCUT2D eigenvalue weighted by Crippen LogP contribution is 2.35. The maximum Gasteiger partial charge on any atom is 0.338 e. The van der Waals surface area contributed by atoms with Crippen LogP contribution in [0.15, 0.2) is 29.6 Å².